The minimum Gasteiger partial charge on any atom is -0.354 e. The maximum atomic E-state index is 11.7. The molecule has 0 aliphatic rings. The second-order valence-electron chi connectivity index (χ2n) is 5.66. The number of aromatic nitrogens is 1. The molecule has 0 aliphatic heterocycles. The second-order valence-corrected chi connectivity index (χ2v) is 6.78. The Morgan fingerprint density at radius 2 is 2.00 bits per heavy atom. The number of benzene rings is 1. The first kappa shape index (κ1) is 17.4. The van der Waals surface area contributed by atoms with Gasteiger partial charge in [0.05, 0.1) is 27.8 Å². The van der Waals surface area contributed by atoms with Gasteiger partial charge >= 0.3 is 0 Å². The fraction of sp³-hybridized carbons (Fsp3) is 0.438. The number of amides is 2. The quantitative estimate of drug-likeness (QED) is 0.705. The number of carbonyl (C=O) groups excluding carboxylic acids is 2. The van der Waals surface area contributed by atoms with Gasteiger partial charge in [0.1, 0.15) is 0 Å². The molecule has 0 aliphatic carbocycles. The summed E-state index contributed by atoms with van der Waals surface area (Å²) in [5, 5.41) is 6.30. The third kappa shape index (κ3) is 5.01. The number of rotatable bonds is 7. The van der Waals surface area contributed by atoms with Crippen molar-refractivity contribution in [3.63, 3.8) is 0 Å². The first-order chi connectivity index (χ1) is 11.0. The Hall–Kier alpha value is -1.99. The van der Waals surface area contributed by atoms with E-state index in [1.165, 1.54) is 0 Å². The Morgan fingerprint density at radius 1 is 1.26 bits per heavy atom. The lowest BCUT2D eigenvalue weighted by atomic mass is 10.1. The summed E-state index contributed by atoms with van der Waals surface area (Å²) in [6.45, 7) is 4.16. The van der Waals surface area contributed by atoms with E-state index in [1.807, 2.05) is 38.1 Å². The molecule has 1 atom stereocenters. The predicted molar refractivity (Wildman–Crippen MR) is 92.2 cm³/mol. The van der Waals surface area contributed by atoms with Crippen LogP contribution in [0.3, 0.4) is 0 Å². The van der Waals surface area contributed by atoms with Crippen LogP contribution in [0.2, 0.25) is 0 Å². The molecule has 0 fully saturated rings. The van der Waals surface area contributed by atoms with Crippen molar-refractivity contribution in [1.29, 1.82) is 0 Å². The van der Waals surface area contributed by atoms with Crippen LogP contribution in [0.1, 0.15) is 18.9 Å². The van der Waals surface area contributed by atoms with E-state index in [0.717, 1.165) is 15.2 Å². The molecule has 124 valence electrons. The van der Waals surface area contributed by atoms with E-state index in [4.69, 9.17) is 5.73 Å². The van der Waals surface area contributed by atoms with Crippen LogP contribution in [0.25, 0.3) is 10.2 Å². The Kier molecular flexibility index (Phi) is 6.06. The zero-order valence-electron chi connectivity index (χ0n) is 13.3. The van der Waals surface area contributed by atoms with Crippen LogP contribution in [0, 0.1) is 5.92 Å². The number of nitrogens with two attached hydrogens (primary N) is 1. The molecule has 23 heavy (non-hydrogen) atoms. The van der Waals surface area contributed by atoms with Gasteiger partial charge in [-0.3, -0.25) is 9.59 Å². The first-order valence-corrected chi connectivity index (χ1v) is 8.43. The molecule has 0 bridgehead atoms. The largest absolute Gasteiger partial charge is 0.354 e. The Balaban J connectivity index is 1.71. The van der Waals surface area contributed by atoms with Crippen molar-refractivity contribution in [1.82, 2.24) is 15.6 Å². The molecule has 0 unspecified atom stereocenters. The average Bonchev–Trinajstić information content (AvgIpc) is 2.94. The Morgan fingerprint density at radius 3 is 2.70 bits per heavy atom. The number of para-hydroxylation sites is 1. The number of carbonyl (C=O) groups is 2. The molecule has 2 amide bonds. The summed E-state index contributed by atoms with van der Waals surface area (Å²) in [6.07, 6.45) is 0.671. The zero-order chi connectivity index (χ0) is 16.8. The normalized spacial score (nSPS) is 12.3. The highest BCUT2D eigenvalue weighted by Gasteiger charge is 2.17. The van der Waals surface area contributed by atoms with Gasteiger partial charge in [0.25, 0.3) is 0 Å². The van der Waals surface area contributed by atoms with E-state index in [0.29, 0.717) is 13.0 Å². The number of nitrogens with one attached hydrogen (secondary N) is 2. The monoisotopic (exact) mass is 334 g/mol. The summed E-state index contributed by atoms with van der Waals surface area (Å²) in [5.74, 6) is -0.492. The number of nitrogens with zero attached hydrogens (tertiary/aromatic N) is 1. The first-order valence-electron chi connectivity index (χ1n) is 7.62. The average molecular weight is 334 g/mol. The number of hydrogen-bond donors (Lipinski definition) is 3. The summed E-state index contributed by atoms with van der Waals surface area (Å²) < 4.78 is 1.14. The van der Waals surface area contributed by atoms with Crippen molar-refractivity contribution in [2.45, 2.75) is 26.3 Å². The third-order valence-corrected chi connectivity index (χ3v) is 4.54. The third-order valence-electron chi connectivity index (χ3n) is 3.44. The molecular formula is C16H22N4O2S. The van der Waals surface area contributed by atoms with Crippen LogP contribution < -0.4 is 16.4 Å². The lowest BCUT2D eigenvalue weighted by Gasteiger charge is -2.15. The molecule has 0 radical (unpaired) electrons. The molecule has 2 rings (SSSR count). The molecule has 2 aromatic rings. The van der Waals surface area contributed by atoms with Gasteiger partial charge in [0, 0.05) is 13.0 Å². The molecule has 1 aromatic heterocycles. The Bertz CT molecular complexity index is 651. The zero-order valence-corrected chi connectivity index (χ0v) is 14.2. The van der Waals surface area contributed by atoms with E-state index >= 15 is 0 Å². The van der Waals surface area contributed by atoms with Gasteiger partial charge in [0.2, 0.25) is 11.8 Å². The predicted octanol–water partition coefficient (Wildman–Crippen LogP) is 1.05. The maximum absolute atomic E-state index is 11.7. The van der Waals surface area contributed by atoms with Gasteiger partial charge < -0.3 is 16.4 Å². The highest BCUT2D eigenvalue weighted by molar-refractivity contribution is 7.18. The molecule has 0 saturated carbocycles. The molecule has 7 heteroatoms. The minimum atomic E-state index is -0.592. The minimum absolute atomic E-state index is 0.0390. The highest BCUT2D eigenvalue weighted by Crippen LogP contribution is 2.21. The van der Waals surface area contributed by atoms with Gasteiger partial charge in [-0.05, 0) is 18.1 Å². The van der Waals surface area contributed by atoms with E-state index in [9.17, 15) is 9.59 Å². The summed E-state index contributed by atoms with van der Waals surface area (Å²) >= 11 is 1.63. The highest BCUT2D eigenvalue weighted by atomic mass is 32.1. The Labute approximate surface area is 139 Å². The second kappa shape index (κ2) is 8.03. The van der Waals surface area contributed by atoms with Gasteiger partial charge in [-0.2, -0.15) is 0 Å². The molecular weight excluding hydrogens is 312 g/mol. The van der Waals surface area contributed by atoms with E-state index in [-0.39, 0.29) is 24.3 Å². The lowest BCUT2D eigenvalue weighted by molar-refractivity contribution is -0.127. The fourth-order valence-corrected chi connectivity index (χ4v) is 2.95. The smallest absolute Gasteiger partial charge is 0.239 e. The van der Waals surface area contributed by atoms with E-state index < -0.39 is 6.04 Å². The van der Waals surface area contributed by atoms with Gasteiger partial charge in [-0.25, -0.2) is 4.98 Å². The van der Waals surface area contributed by atoms with Crippen LogP contribution in [-0.4, -0.2) is 35.9 Å². The summed E-state index contributed by atoms with van der Waals surface area (Å²) in [5.41, 5.74) is 6.69. The number of fused-ring (bicyclic) bond motifs is 1. The lowest BCUT2D eigenvalue weighted by Crippen LogP contribution is -2.47. The fourth-order valence-electron chi connectivity index (χ4n) is 1.99. The van der Waals surface area contributed by atoms with Crippen molar-refractivity contribution in [2.75, 3.05) is 13.1 Å². The number of thiazole rings is 1. The van der Waals surface area contributed by atoms with Gasteiger partial charge in [-0.15, -0.1) is 11.3 Å². The molecule has 4 N–H and O–H groups in total. The summed E-state index contributed by atoms with van der Waals surface area (Å²) in [4.78, 5) is 27.9. The van der Waals surface area contributed by atoms with Crippen molar-refractivity contribution < 1.29 is 9.59 Å². The molecule has 0 spiro atoms. The van der Waals surface area contributed by atoms with Crippen LogP contribution in [0.4, 0.5) is 0 Å². The molecule has 6 nitrogen and oxygen atoms in total. The van der Waals surface area contributed by atoms with Crippen LogP contribution in [-0.2, 0) is 16.0 Å². The van der Waals surface area contributed by atoms with Crippen molar-refractivity contribution in [3.8, 4) is 0 Å². The SMILES string of the molecule is CC(C)[C@H](N)C(=O)NCC(=O)NCCc1nc2ccccc2s1. The van der Waals surface area contributed by atoms with Crippen LogP contribution in [0.5, 0.6) is 0 Å². The van der Waals surface area contributed by atoms with Gasteiger partial charge in [0.15, 0.2) is 0 Å². The van der Waals surface area contributed by atoms with E-state index in [1.54, 1.807) is 11.3 Å². The summed E-state index contributed by atoms with van der Waals surface area (Å²) in [7, 11) is 0. The molecule has 0 saturated heterocycles. The van der Waals surface area contributed by atoms with Crippen LogP contribution in [0.15, 0.2) is 24.3 Å². The maximum Gasteiger partial charge on any atom is 0.239 e. The van der Waals surface area contributed by atoms with Crippen LogP contribution >= 0.6 is 11.3 Å². The molecule has 1 aromatic carbocycles. The summed E-state index contributed by atoms with van der Waals surface area (Å²) in [6, 6.07) is 7.35. The topological polar surface area (TPSA) is 97.1 Å². The standard InChI is InChI=1S/C16H22N4O2S/c1-10(2)15(17)16(22)19-9-13(21)18-8-7-14-20-11-5-3-4-6-12(11)23-14/h3-6,10,15H,7-9,17H2,1-2H3,(H,18,21)(H,19,22)/t15-/m0/s1. The van der Waals surface area contributed by atoms with Crippen molar-refractivity contribution in [2.24, 2.45) is 11.7 Å². The van der Waals surface area contributed by atoms with Crippen molar-refractivity contribution >= 4 is 33.4 Å². The van der Waals surface area contributed by atoms with E-state index in [2.05, 4.69) is 15.6 Å². The molecule has 1 heterocycles. The number of hydrogen-bond acceptors (Lipinski definition) is 5. The van der Waals surface area contributed by atoms with Gasteiger partial charge in [-0.1, -0.05) is 26.0 Å². The van der Waals surface area contributed by atoms with Crippen molar-refractivity contribution in [3.05, 3.63) is 29.3 Å².